The van der Waals surface area contributed by atoms with Crippen LogP contribution in [-0.2, 0) is 0 Å². The summed E-state index contributed by atoms with van der Waals surface area (Å²) in [5.41, 5.74) is 1.39. The lowest BCUT2D eigenvalue weighted by Crippen LogP contribution is -2.19. The number of aromatic carboxylic acids is 1. The Kier molecular flexibility index (Phi) is 3.97. The molecule has 0 bridgehead atoms. The monoisotopic (exact) mass is 285 g/mol. The van der Waals surface area contributed by atoms with Crippen LogP contribution in [0.2, 0.25) is 0 Å². The van der Waals surface area contributed by atoms with Crippen molar-refractivity contribution in [1.29, 1.82) is 0 Å². The minimum atomic E-state index is -0.922. The van der Waals surface area contributed by atoms with Gasteiger partial charge in [-0.1, -0.05) is 20.8 Å². The van der Waals surface area contributed by atoms with Gasteiger partial charge in [0.15, 0.2) is 0 Å². The third-order valence-corrected chi connectivity index (χ3v) is 2.68. The molecule has 2 N–H and O–H groups in total. The van der Waals surface area contributed by atoms with Gasteiger partial charge in [-0.25, -0.2) is 4.79 Å². The number of carbonyl (C=O) groups is 1. The number of benzene rings is 1. The van der Waals surface area contributed by atoms with Crippen molar-refractivity contribution in [1.82, 2.24) is 0 Å². The topological polar surface area (TPSA) is 49.3 Å². The maximum Gasteiger partial charge on any atom is 0.336 e. The maximum absolute atomic E-state index is 10.8. The van der Waals surface area contributed by atoms with Gasteiger partial charge < -0.3 is 10.4 Å². The second-order valence-corrected chi connectivity index (χ2v) is 5.77. The molecule has 0 aromatic heterocycles. The molecule has 0 saturated heterocycles. The first-order chi connectivity index (χ1) is 7.29. The highest BCUT2D eigenvalue weighted by Crippen LogP contribution is 2.23. The highest BCUT2D eigenvalue weighted by molar-refractivity contribution is 9.10. The number of halogens is 1. The summed E-state index contributed by atoms with van der Waals surface area (Å²) in [7, 11) is 0. The summed E-state index contributed by atoms with van der Waals surface area (Å²) in [5.74, 6) is -0.922. The standard InChI is InChI=1S/C12H16BrNO2/c1-12(2,3)7-14-8-4-5-9(11(15)16)10(13)6-8/h4-6,14H,7H2,1-3H3,(H,15,16). The van der Waals surface area contributed by atoms with E-state index in [0.29, 0.717) is 4.47 Å². The molecule has 0 aliphatic rings. The first-order valence-electron chi connectivity index (χ1n) is 5.06. The van der Waals surface area contributed by atoms with Crippen LogP contribution in [0.25, 0.3) is 0 Å². The van der Waals surface area contributed by atoms with Crippen LogP contribution in [0.15, 0.2) is 22.7 Å². The summed E-state index contributed by atoms with van der Waals surface area (Å²) in [6.45, 7) is 7.26. The van der Waals surface area contributed by atoms with E-state index in [1.54, 1.807) is 18.2 Å². The van der Waals surface area contributed by atoms with E-state index in [4.69, 9.17) is 5.11 Å². The Morgan fingerprint density at radius 2 is 2.06 bits per heavy atom. The highest BCUT2D eigenvalue weighted by atomic mass is 79.9. The predicted molar refractivity (Wildman–Crippen MR) is 69.0 cm³/mol. The zero-order chi connectivity index (χ0) is 12.3. The van der Waals surface area contributed by atoms with Crippen LogP contribution < -0.4 is 5.32 Å². The van der Waals surface area contributed by atoms with E-state index in [1.807, 2.05) is 0 Å². The predicted octanol–water partition coefficient (Wildman–Crippen LogP) is 3.61. The summed E-state index contributed by atoms with van der Waals surface area (Å²) >= 11 is 3.25. The van der Waals surface area contributed by atoms with Crippen molar-refractivity contribution in [2.45, 2.75) is 20.8 Å². The molecule has 0 saturated carbocycles. The van der Waals surface area contributed by atoms with Gasteiger partial charge in [0, 0.05) is 16.7 Å². The van der Waals surface area contributed by atoms with Crippen LogP contribution in [-0.4, -0.2) is 17.6 Å². The SMILES string of the molecule is CC(C)(C)CNc1ccc(C(=O)O)c(Br)c1. The Bertz CT molecular complexity index is 396. The van der Waals surface area contributed by atoms with Gasteiger partial charge in [-0.2, -0.15) is 0 Å². The van der Waals surface area contributed by atoms with Crippen molar-refractivity contribution < 1.29 is 9.90 Å². The first-order valence-corrected chi connectivity index (χ1v) is 5.85. The first kappa shape index (κ1) is 13.0. The Morgan fingerprint density at radius 1 is 1.44 bits per heavy atom. The molecular formula is C12H16BrNO2. The normalized spacial score (nSPS) is 11.2. The summed E-state index contributed by atoms with van der Waals surface area (Å²) in [6.07, 6.45) is 0. The second-order valence-electron chi connectivity index (χ2n) is 4.91. The van der Waals surface area contributed by atoms with Gasteiger partial charge in [0.2, 0.25) is 0 Å². The van der Waals surface area contributed by atoms with Crippen LogP contribution in [0.4, 0.5) is 5.69 Å². The van der Waals surface area contributed by atoms with Crippen LogP contribution >= 0.6 is 15.9 Å². The number of nitrogens with one attached hydrogen (secondary N) is 1. The molecule has 0 fully saturated rings. The summed E-state index contributed by atoms with van der Waals surface area (Å²) in [6, 6.07) is 5.16. The zero-order valence-corrected chi connectivity index (χ0v) is 11.3. The number of anilines is 1. The fraction of sp³-hybridized carbons (Fsp3) is 0.417. The average Bonchev–Trinajstić information content (AvgIpc) is 2.13. The number of carboxylic acids is 1. The van der Waals surface area contributed by atoms with Gasteiger partial charge in [0.05, 0.1) is 5.56 Å². The van der Waals surface area contributed by atoms with Gasteiger partial charge in [-0.3, -0.25) is 0 Å². The fourth-order valence-electron chi connectivity index (χ4n) is 1.17. The van der Waals surface area contributed by atoms with Crippen LogP contribution in [0, 0.1) is 5.41 Å². The van der Waals surface area contributed by atoms with Crippen molar-refractivity contribution in [3.05, 3.63) is 28.2 Å². The van der Waals surface area contributed by atoms with E-state index in [0.717, 1.165) is 12.2 Å². The lowest BCUT2D eigenvalue weighted by Gasteiger charge is -2.19. The number of rotatable bonds is 3. The molecule has 0 atom stereocenters. The van der Waals surface area contributed by atoms with Crippen LogP contribution in [0.1, 0.15) is 31.1 Å². The lowest BCUT2D eigenvalue weighted by atomic mass is 9.97. The quantitative estimate of drug-likeness (QED) is 0.892. The van der Waals surface area contributed by atoms with Gasteiger partial charge in [0.1, 0.15) is 0 Å². The van der Waals surface area contributed by atoms with Crippen LogP contribution in [0.5, 0.6) is 0 Å². The van der Waals surface area contributed by atoms with Crippen molar-refractivity contribution in [3.8, 4) is 0 Å². The molecule has 1 aromatic carbocycles. The third-order valence-electron chi connectivity index (χ3n) is 2.02. The second kappa shape index (κ2) is 4.87. The largest absolute Gasteiger partial charge is 0.478 e. The van der Waals surface area contributed by atoms with E-state index in [2.05, 4.69) is 42.0 Å². The Morgan fingerprint density at radius 3 is 2.50 bits per heavy atom. The van der Waals surface area contributed by atoms with E-state index in [-0.39, 0.29) is 11.0 Å². The van der Waals surface area contributed by atoms with E-state index >= 15 is 0 Å². The molecule has 0 aliphatic heterocycles. The van der Waals surface area contributed by atoms with E-state index < -0.39 is 5.97 Å². The number of carboxylic acid groups (broad SMARTS) is 1. The minimum absolute atomic E-state index is 0.192. The van der Waals surface area contributed by atoms with Crippen molar-refractivity contribution in [2.75, 3.05) is 11.9 Å². The molecule has 0 radical (unpaired) electrons. The highest BCUT2D eigenvalue weighted by Gasteiger charge is 2.11. The molecule has 0 amide bonds. The molecule has 3 nitrogen and oxygen atoms in total. The molecule has 0 heterocycles. The molecule has 0 spiro atoms. The maximum atomic E-state index is 10.8. The molecule has 0 aliphatic carbocycles. The molecular weight excluding hydrogens is 270 g/mol. The molecule has 0 unspecified atom stereocenters. The summed E-state index contributed by atoms with van der Waals surface area (Å²) in [4.78, 5) is 10.8. The fourth-order valence-corrected chi connectivity index (χ4v) is 1.71. The van der Waals surface area contributed by atoms with Gasteiger partial charge in [-0.15, -0.1) is 0 Å². The number of hydrogen-bond acceptors (Lipinski definition) is 2. The number of hydrogen-bond donors (Lipinski definition) is 2. The molecule has 1 aromatic rings. The summed E-state index contributed by atoms with van der Waals surface area (Å²) < 4.78 is 0.596. The smallest absolute Gasteiger partial charge is 0.336 e. The molecule has 16 heavy (non-hydrogen) atoms. The van der Waals surface area contributed by atoms with E-state index in [9.17, 15) is 4.79 Å². The van der Waals surface area contributed by atoms with Gasteiger partial charge >= 0.3 is 5.97 Å². The Labute approximate surface area is 104 Å². The minimum Gasteiger partial charge on any atom is -0.478 e. The molecule has 88 valence electrons. The molecule has 1 rings (SSSR count). The average molecular weight is 286 g/mol. The Balaban J connectivity index is 2.78. The lowest BCUT2D eigenvalue weighted by molar-refractivity contribution is 0.0696. The zero-order valence-electron chi connectivity index (χ0n) is 9.67. The van der Waals surface area contributed by atoms with Crippen molar-refractivity contribution in [2.24, 2.45) is 5.41 Å². The van der Waals surface area contributed by atoms with Crippen molar-refractivity contribution in [3.63, 3.8) is 0 Å². The summed E-state index contributed by atoms with van der Waals surface area (Å²) in [5, 5.41) is 12.1. The third kappa shape index (κ3) is 3.85. The van der Waals surface area contributed by atoms with Gasteiger partial charge in [0.25, 0.3) is 0 Å². The van der Waals surface area contributed by atoms with Crippen LogP contribution in [0.3, 0.4) is 0 Å². The van der Waals surface area contributed by atoms with Crippen molar-refractivity contribution >= 4 is 27.6 Å². The molecule has 4 heteroatoms. The van der Waals surface area contributed by atoms with E-state index in [1.165, 1.54) is 0 Å². The Hall–Kier alpha value is -1.03. The van der Waals surface area contributed by atoms with Gasteiger partial charge in [-0.05, 0) is 39.5 Å².